The van der Waals surface area contributed by atoms with Gasteiger partial charge in [-0.2, -0.15) is 5.26 Å². The van der Waals surface area contributed by atoms with Gasteiger partial charge in [-0.25, -0.2) is 4.79 Å². The number of allylic oxidation sites excluding steroid dienone is 2. The number of dihydropyridines is 1. The summed E-state index contributed by atoms with van der Waals surface area (Å²) in [5.74, 6) is -1.47. The van der Waals surface area contributed by atoms with Crippen LogP contribution in [0.4, 0.5) is 5.69 Å². The molecule has 1 aliphatic heterocycles. The van der Waals surface area contributed by atoms with E-state index in [2.05, 4.69) is 16.7 Å². The second-order valence-electron chi connectivity index (χ2n) is 7.88. The molecule has 1 aliphatic rings. The van der Waals surface area contributed by atoms with Gasteiger partial charge in [-0.05, 0) is 49.2 Å². The molecule has 10 heteroatoms. The number of methoxy groups -OCH3 is 1. The number of ether oxygens (including phenoxy) is 2. The minimum atomic E-state index is -0.690. The van der Waals surface area contributed by atoms with E-state index in [0.717, 1.165) is 5.56 Å². The summed E-state index contributed by atoms with van der Waals surface area (Å²) in [6.07, 6.45) is 0. The summed E-state index contributed by atoms with van der Waals surface area (Å²) in [5, 5.41) is 17.7. The van der Waals surface area contributed by atoms with Crippen molar-refractivity contribution < 1.29 is 19.1 Å². The van der Waals surface area contributed by atoms with Gasteiger partial charge in [0.05, 0.1) is 40.5 Å². The van der Waals surface area contributed by atoms with Crippen LogP contribution in [0.25, 0.3) is 0 Å². The van der Waals surface area contributed by atoms with Crippen molar-refractivity contribution in [3.05, 3.63) is 85.5 Å². The first-order chi connectivity index (χ1) is 17.3. The van der Waals surface area contributed by atoms with E-state index in [1.54, 1.807) is 49.4 Å². The molecule has 0 fully saturated rings. The molecule has 0 aromatic heterocycles. The summed E-state index contributed by atoms with van der Waals surface area (Å²) >= 11 is 13.4. The lowest BCUT2D eigenvalue weighted by molar-refractivity contribution is -0.140. The van der Waals surface area contributed by atoms with Crippen LogP contribution in [0.1, 0.15) is 24.0 Å². The summed E-state index contributed by atoms with van der Waals surface area (Å²) in [6.45, 7) is 3.89. The number of esters is 1. The van der Waals surface area contributed by atoms with Gasteiger partial charge >= 0.3 is 5.97 Å². The molecule has 2 aromatic rings. The van der Waals surface area contributed by atoms with Crippen molar-refractivity contribution in [2.45, 2.75) is 19.8 Å². The average molecular weight is 546 g/mol. The summed E-state index contributed by atoms with van der Waals surface area (Å²) in [5.41, 5.74) is 3.24. The molecule has 3 rings (SSSR count). The number of thioether (sulfide) groups is 1. The Morgan fingerprint density at radius 3 is 2.53 bits per heavy atom. The number of carbonyl (C=O) groups is 2. The highest BCUT2D eigenvalue weighted by Crippen LogP contribution is 2.41. The first kappa shape index (κ1) is 27.6. The maximum Gasteiger partial charge on any atom is 0.336 e. The Kier molecular flexibility index (Phi) is 9.85. The summed E-state index contributed by atoms with van der Waals surface area (Å²) in [6, 6.07) is 14.4. The second kappa shape index (κ2) is 12.8. The van der Waals surface area contributed by atoms with Gasteiger partial charge in [-0.1, -0.05) is 53.2 Å². The lowest BCUT2D eigenvalue weighted by Gasteiger charge is -2.29. The van der Waals surface area contributed by atoms with Crippen molar-refractivity contribution in [3.8, 4) is 6.07 Å². The van der Waals surface area contributed by atoms with Crippen molar-refractivity contribution in [2.75, 3.05) is 31.4 Å². The Balaban J connectivity index is 1.88. The van der Waals surface area contributed by atoms with E-state index < -0.39 is 11.9 Å². The van der Waals surface area contributed by atoms with Crippen LogP contribution in [0, 0.1) is 18.3 Å². The van der Waals surface area contributed by atoms with Crippen LogP contribution in [0.3, 0.4) is 0 Å². The monoisotopic (exact) mass is 545 g/mol. The van der Waals surface area contributed by atoms with Crippen LogP contribution >= 0.6 is 35.0 Å². The smallest absolute Gasteiger partial charge is 0.336 e. The van der Waals surface area contributed by atoms with E-state index in [4.69, 9.17) is 32.7 Å². The van der Waals surface area contributed by atoms with Crippen LogP contribution in [0.5, 0.6) is 0 Å². The quantitative estimate of drug-likeness (QED) is 0.314. The number of nitrogens with one attached hydrogen (secondary N) is 2. The minimum Gasteiger partial charge on any atom is -0.460 e. The predicted octanol–water partition coefficient (Wildman–Crippen LogP) is 5.56. The lowest BCUT2D eigenvalue weighted by Crippen LogP contribution is -2.29. The molecule has 7 nitrogen and oxygen atoms in total. The van der Waals surface area contributed by atoms with Crippen molar-refractivity contribution in [2.24, 2.45) is 0 Å². The van der Waals surface area contributed by atoms with Crippen molar-refractivity contribution in [1.29, 1.82) is 5.26 Å². The minimum absolute atomic E-state index is 0.0354. The molecule has 2 aromatic carbocycles. The number of hydrogen-bond donors (Lipinski definition) is 2. The zero-order valence-corrected chi connectivity index (χ0v) is 22.3. The second-order valence-corrected chi connectivity index (χ2v) is 9.71. The third-order valence-electron chi connectivity index (χ3n) is 5.48. The van der Waals surface area contributed by atoms with E-state index in [0.29, 0.717) is 43.2 Å². The van der Waals surface area contributed by atoms with Crippen LogP contribution in [0.2, 0.25) is 10.0 Å². The molecule has 188 valence electrons. The van der Waals surface area contributed by atoms with E-state index in [1.165, 1.54) is 18.9 Å². The van der Waals surface area contributed by atoms with Crippen LogP contribution in [0.15, 0.2) is 64.3 Å². The van der Waals surface area contributed by atoms with Crippen LogP contribution in [-0.2, 0) is 19.1 Å². The molecule has 0 spiro atoms. The van der Waals surface area contributed by atoms with Gasteiger partial charge in [0.2, 0.25) is 5.91 Å². The molecule has 0 bridgehead atoms. The van der Waals surface area contributed by atoms with Gasteiger partial charge in [-0.15, -0.1) is 0 Å². The van der Waals surface area contributed by atoms with Crippen molar-refractivity contribution in [3.63, 3.8) is 0 Å². The molecule has 0 saturated heterocycles. The van der Waals surface area contributed by atoms with Gasteiger partial charge in [0.15, 0.2) is 0 Å². The molecule has 0 radical (unpaired) electrons. The fourth-order valence-electron chi connectivity index (χ4n) is 3.65. The molecule has 1 atom stereocenters. The number of rotatable bonds is 9. The first-order valence-electron chi connectivity index (χ1n) is 11.0. The maximum atomic E-state index is 13.0. The van der Waals surface area contributed by atoms with Gasteiger partial charge in [0.1, 0.15) is 6.61 Å². The van der Waals surface area contributed by atoms with Crippen molar-refractivity contribution in [1.82, 2.24) is 5.32 Å². The summed E-state index contributed by atoms with van der Waals surface area (Å²) in [4.78, 5) is 25.7. The molecule has 1 heterocycles. The zero-order valence-electron chi connectivity index (χ0n) is 20.0. The maximum absolute atomic E-state index is 13.0. The fourth-order valence-corrected chi connectivity index (χ4v) is 4.84. The molecule has 2 N–H and O–H groups in total. The Morgan fingerprint density at radius 2 is 1.86 bits per heavy atom. The number of anilines is 1. The number of carbonyl (C=O) groups excluding carboxylic acids is 2. The number of hydrogen-bond acceptors (Lipinski definition) is 7. The molecular formula is C26H25Cl2N3O4S. The Hall–Kier alpha value is -2.96. The SMILES string of the molecule is COCCOC(=O)C1=C(C)NC(SCC(=O)Nc2cccc(Cl)c2C)=C(C#N)[C@H]1c1ccc(Cl)cc1. The summed E-state index contributed by atoms with van der Waals surface area (Å²) in [7, 11) is 1.51. The lowest BCUT2D eigenvalue weighted by atomic mass is 9.82. The number of benzene rings is 2. The standard InChI is InChI=1S/C26H25Cl2N3O4S/c1-15-20(28)5-4-6-21(15)31-22(32)14-36-25-19(13-29)24(17-7-9-18(27)10-8-17)23(16(2)30-25)26(33)35-12-11-34-3/h4-10,24,30H,11-12,14H2,1-3H3,(H,31,32)/t24-/m1/s1. The third kappa shape index (κ3) is 6.62. The highest BCUT2D eigenvalue weighted by atomic mass is 35.5. The number of nitriles is 1. The molecule has 0 aliphatic carbocycles. The number of amides is 1. The highest BCUT2D eigenvalue weighted by molar-refractivity contribution is 8.03. The Morgan fingerprint density at radius 1 is 1.14 bits per heavy atom. The average Bonchev–Trinajstić information content (AvgIpc) is 2.85. The first-order valence-corrected chi connectivity index (χ1v) is 12.7. The molecule has 36 heavy (non-hydrogen) atoms. The Bertz CT molecular complexity index is 1250. The van der Waals surface area contributed by atoms with Gasteiger partial charge in [0.25, 0.3) is 0 Å². The molecule has 0 saturated carbocycles. The Labute approximate surface area is 224 Å². The fraction of sp³-hybridized carbons (Fsp3) is 0.269. The molecule has 0 unspecified atom stereocenters. The zero-order chi connectivity index (χ0) is 26.2. The van der Waals surface area contributed by atoms with Crippen LogP contribution < -0.4 is 10.6 Å². The summed E-state index contributed by atoms with van der Waals surface area (Å²) < 4.78 is 10.3. The van der Waals surface area contributed by atoms with Gasteiger partial charge < -0.3 is 20.1 Å². The number of halogens is 2. The third-order valence-corrected chi connectivity index (χ3v) is 7.16. The molecule has 1 amide bonds. The topological polar surface area (TPSA) is 100 Å². The largest absolute Gasteiger partial charge is 0.460 e. The van der Waals surface area contributed by atoms with E-state index in [-0.39, 0.29) is 24.9 Å². The van der Waals surface area contributed by atoms with Crippen LogP contribution in [-0.4, -0.2) is 38.0 Å². The van der Waals surface area contributed by atoms with Gasteiger partial charge in [-0.3, -0.25) is 4.79 Å². The molecular weight excluding hydrogens is 521 g/mol. The van der Waals surface area contributed by atoms with Gasteiger partial charge in [0, 0.05) is 28.5 Å². The number of nitrogens with zero attached hydrogens (tertiary/aromatic N) is 1. The normalized spacial score (nSPS) is 15.3. The predicted molar refractivity (Wildman–Crippen MR) is 143 cm³/mol. The van der Waals surface area contributed by atoms with E-state index >= 15 is 0 Å². The van der Waals surface area contributed by atoms with E-state index in [9.17, 15) is 14.9 Å². The highest BCUT2D eigenvalue weighted by Gasteiger charge is 2.35. The van der Waals surface area contributed by atoms with E-state index in [1.807, 2.05) is 6.92 Å². The van der Waals surface area contributed by atoms with Crippen molar-refractivity contribution >= 4 is 52.5 Å².